The maximum absolute atomic E-state index is 8.85. The zero-order chi connectivity index (χ0) is 11.0. The summed E-state index contributed by atoms with van der Waals surface area (Å²) in [5.74, 6) is 0. The summed E-state index contributed by atoms with van der Waals surface area (Å²) in [7, 11) is 0. The zero-order valence-corrected chi connectivity index (χ0v) is 9.67. The molecule has 1 aromatic carbocycles. The molecule has 2 N–H and O–H groups in total. The van der Waals surface area contributed by atoms with Gasteiger partial charge in [-0.2, -0.15) is 5.26 Å². The summed E-state index contributed by atoms with van der Waals surface area (Å²) in [6.07, 6.45) is 1.51. The molecule has 15 heavy (non-hydrogen) atoms. The van der Waals surface area contributed by atoms with E-state index in [1.165, 1.54) is 6.20 Å². The largest absolute Gasteiger partial charge is 0.397 e. The van der Waals surface area contributed by atoms with Crippen molar-refractivity contribution in [2.45, 2.75) is 6.92 Å². The lowest BCUT2D eigenvalue weighted by Gasteiger charge is -2.07. The minimum absolute atomic E-state index is 0.411. The van der Waals surface area contributed by atoms with Crippen LogP contribution in [0.25, 0.3) is 10.9 Å². The van der Waals surface area contributed by atoms with Crippen molar-refractivity contribution >= 4 is 32.5 Å². The number of anilines is 1. The Morgan fingerprint density at radius 1 is 1.47 bits per heavy atom. The van der Waals surface area contributed by atoms with Crippen molar-refractivity contribution in [2.75, 3.05) is 5.73 Å². The number of hydrogen-bond donors (Lipinski definition) is 1. The summed E-state index contributed by atoms with van der Waals surface area (Å²) in [5, 5.41) is 9.67. The van der Waals surface area contributed by atoms with Crippen LogP contribution < -0.4 is 5.73 Å². The van der Waals surface area contributed by atoms with E-state index in [-0.39, 0.29) is 0 Å². The van der Waals surface area contributed by atoms with Crippen LogP contribution in [0.3, 0.4) is 0 Å². The van der Waals surface area contributed by atoms with Crippen LogP contribution in [0, 0.1) is 18.3 Å². The molecule has 4 heteroatoms. The van der Waals surface area contributed by atoms with E-state index in [2.05, 4.69) is 20.9 Å². The Bertz CT molecular complexity index is 584. The molecule has 3 nitrogen and oxygen atoms in total. The minimum Gasteiger partial charge on any atom is -0.397 e. The normalized spacial score (nSPS) is 10.2. The molecular formula is C11H8BrN3. The molecule has 1 aromatic heterocycles. The van der Waals surface area contributed by atoms with Crippen molar-refractivity contribution in [3.8, 4) is 6.07 Å². The topological polar surface area (TPSA) is 62.7 Å². The number of fused-ring (bicyclic) bond motifs is 1. The highest BCUT2D eigenvalue weighted by atomic mass is 79.9. The number of pyridine rings is 1. The van der Waals surface area contributed by atoms with E-state index in [4.69, 9.17) is 11.0 Å². The predicted octanol–water partition coefficient (Wildman–Crippen LogP) is 2.76. The first-order valence-corrected chi connectivity index (χ1v) is 5.18. The molecule has 1 heterocycles. The summed E-state index contributed by atoms with van der Waals surface area (Å²) in [4.78, 5) is 4.24. The average molecular weight is 262 g/mol. The second kappa shape index (κ2) is 3.52. The summed E-state index contributed by atoms with van der Waals surface area (Å²) >= 11 is 3.42. The number of aryl methyl sites for hydroxylation is 1. The van der Waals surface area contributed by atoms with Gasteiger partial charge in [0.1, 0.15) is 6.07 Å². The van der Waals surface area contributed by atoms with E-state index in [1.54, 1.807) is 0 Å². The fraction of sp³-hybridized carbons (Fsp3) is 0.0909. The molecule has 0 saturated carbocycles. The van der Waals surface area contributed by atoms with Crippen LogP contribution in [0.2, 0.25) is 0 Å². The highest BCUT2D eigenvalue weighted by molar-refractivity contribution is 9.10. The van der Waals surface area contributed by atoms with Gasteiger partial charge in [-0.3, -0.25) is 4.98 Å². The third-order valence-electron chi connectivity index (χ3n) is 2.33. The second-order valence-corrected chi connectivity index (χ2v) is 4.14. The predicted molar refractivity (Wildman–Crippen MR) is 63.3 cm³/mol. The smallest absolute Gasteiger partial charge is 0.103 e. The van der Waals surface area contributed by atoms with Gasteiger partial charge in [-0.05, 0) is 18.6 Å². The molecule has 2 rings (SSSR count). The Labute approximate surface area is 95.7 Å². The molecule has 0 aliphatic rings. The molecular weight excluding hydrogens is 254 g/mol. The highest BCUT2D eigenvalue weighted by Crippen LogP contribution is 2.31. The number of aromatic nitrogens is 1. The van der Waals surface area contributed by atoms with Crippen molar-refractivity contribution in [2.24, 2.45) is 0 Å². The van der Waals surface area contributed by atoms with Gasteiger partial charge in [-0.25, -0.2) is 0 Å². The number of nitrogens with two attached hydrogens (primary N) is 1. The van der Waals surface area contributed by atoms with Crippen LogP contribution in [0.1, 0.15) is 11.1 Å². The summed E-state index contributed by atoms with van der Waals surface area (Å²) in [5.41, 5.74) is 8.68. The van der Waals surface area contributed by atoms with Crippen molar-refractivity contribution in [3.05, 3.63) is 33.9 Å². The van der Waals surface area contributed by atoms with Gasteiger partial charge >= 0.3 is 0 Å². The van der Waals surface area contributed by atoms with E-state index in [9.17, 15) is 0 Å². The molecule has 0 spiro atoms. The number of nitrogen functional groups attached to an aromatic ring is 1. The third kappa shape index (κ3) is 1.45. The molecule has 0 aliphatic heterocycles. The van der Waals surface area contributed by atoms with E-state index in [1.807, 2.05) is 25.1 Å². The molecule has 0 bridgehead atoms. The van der Waals surface area contributed by atoms with Gasteiger partial charge in [0, 0.05) is 16.1 Å². The van der Waals surface area contributed by atoms with Gasteiger partial charge in [0.15, 0.2) is 0 Å². The molecule has 0 unspecified atom stereocenters. The van der Waals surface area contributed by atoms with E-state index in [0.717, 1.165) is 20.9 Å². The van der Waals surface area contributed by atoms with Gasteiger partial charge < -0.3 is 5.73 Å². The van der Waals surface area contributed by atoms with Crippen LogP contribution in [-0.4, -0.2) is 4.98 Å². The second-order valence-electron chi connectivity index (χ2n) is 3.29. The van der Waals surface area contributed by atoms with Crippen molar-refractivity contribution in [3.63, 3.8) is 0 Å². The van der Waals surface area contributed by atoms with Crippen LogP contribution in [0.4, 0.5) is 5.69 Å². The Morgan fingerprint density at radius 2 is 2.20 bits per heavy atom. The first-order valence-electron chi connectivity index (χ1n) is 4.38. The van der Waals surface area contributed by atoms with Gasteiger partial charge in [-0.1, -0.05) is 22.0 Å². The Morgan fingerprint density at radius 3 is 2.87 bits per heavy atom. The summed E-state index contributed by atoms with van der Waals surface area (Å²) in [6, 6.07) is 5.90. The van der Waals surface area contributed by atoms with Gasteiger partial charge in [0.05, 0.1) is 16.8 Å². The van der Waals surface area contributed by atoms with E-state index in [0.29, 0.717) is 11.3 Å². The molecule has 0 fully saturated rings. The molecule has 0 atom stereocenters. The average Bonchev–Trinajstić information content (AvgIpc) is 2.23. The molecule has 2 aromatic rings. The first-order chi connectivity index (χ1) is 7.15. The van der Waals surface area contributed by atoms with Gasteiger partial charge in [-0.15, -0.1) is 0 Å². The lowest BCUT2D eigenvalue weighted by atomic mass is 10.1. The first kappa shape index (κ1) is 9.94. The van der Waals surface area contributed by atoms with Gasteiger partial charge in [0.2, 0.25) is 0 Å². The van der Waals surface area contributed by atoms with Crippen molar-refractivity contribution in [1.29, 1.82) is 5.26 Å². The van der Waals surface area contributed by atoms with Crippen LogP contribution in [-0.2, 0) is 0 Å². The van der Waals surface area contributed by atoms with Crippen LogP contribution in [0.5, 0.6) is 0 Å². The number of rotatable bonds is 0. The Kier molecular flexibility index (Phi) is 2.33. The zero-order valence-electron chi connectivity index (χ0n) is 8.08. The maximum Gasteiger partial charge on any atom is 0.103 e. The Balaban J connectivity index is 3.00. The molecule has 74 valence electrons. The number of nitriles is 1. The van der Waals surface area contributed by atoms with Crippen molar-refractivity contribution < 1.29 is 0 Å². The molecule has 0 radical (unpaired) electrons. The number of benzene rings is 1. The Hall–Kier alpha value is -1.60. The number of hydrogen-bond acceptors (Lipinski definition) is 3. The van der Waals surface area contributed by atoms with Gasteiger partial charge in [0.25, 0.3) is 0 Å². The molecule has 0 aliphatic carbocycles. The van der Waals surface area contributed by atoms with E-state index < -0.39 is 0 Å². The quantitative estimate of drug-likeness (QED) is 0.793. The SMILES string of the molecule is Cc1ccc(Br)c2c(N)c(C#N)cnc12. The van der Waals surface area contributed by atoms with Crippen LogP contribution >= 0.6 is 15.9 Å². The van der Waals surface area contributed by atoms with Crippen LogP contribution in [0.15, 0.2) is 22.8 Å². The lowest BCUT2D eigenvalue weighted by molar-refractivity contribution is 1.34. The fourth-order valence-corrected chi connectivity index (χ4v) is 2.05. The van der Waals surface area contributed by atoms with Crippen molar-refractivity contribution in [1.82, 2.24) is 4.98 Å². The maximum atomic E-state index is 8.85. The third-order valence-corrected chi connectivity index (χ3v) is 2.99. The number of nitrogens with zero attached hydrogens (tertiary/aromatic N) is 2. The van der Waals surface area contributed by atoms with E-state index >= 15 is 0 Å². The monoisotopic (exact) mass is 261 g/mol. The molecule has 0 saturated heterocycles. The minimum atomic E-state index is 0.411. The number of halogens is 1. The fourth-order valence-electron chi connectivity index (χ4n) is 1.52. The lowest BCUT2D eigenvalue weighted by Crippen LogP contribution is -1.96. The summed E-state index contributed by atoms with van der Waals surface area (Å²) < 4.78 is 0.866. The standard InChI is InChI=1S/C11H8BrN3/c1-6-2-3-8(12)9-10(14)7(4-13)5-15-11(6)9/h2-3,5H,1H3,(H2,14,15). The molecule has 0 amide bonds. The summed E-state index contributed by atoms with van der Waals surface area (Å²) in [6.45, 7) is 1.97. The highest BCUT2D eigenvalue weighted by Gasteiger charge is 2.09.